The molecule has 7 nitrogen and oxygen atoms in total. The zero-order chi connectivity index (χ0) is 23.9. The van der Waals surface area contributed by atoms with Crippen LogP contribution in [0.2, 0.25) is 0 Å². The highest BCUT2D eigenvalue weighted by Crippen LogP contribution is 2.53. The molecule has 0 bridgehead atoms. The number of likely N-dealkylation sites (tertiary alicyclic amines) is 1. The monoisotopic (exact) mass is 447 g/mol. The maximum atomic E-state index is 14.1. The molecular weight excluding hydrogens is 418 g/mol. The second-order valence-electron chi connectivity index (χ2n) is 8.86. The molecule has 172 valence electrons. The fraction of sp³-hybridized carbons (Fsp3) is 0.346. The van der Waals surface area contributed by atoms with E-state index in [1.54, 1.807) is 29.2 Å². The normalized spacial score (nSPS) is 21.5. The van der Waals surface area contributed by atoms with Crippen molar-refractivity contribution in [2.75, 3.05) is 38.6 Å². The van der Waals surface area contributed by atoms with Crippen LogP contribution >= 0.6 is 0 Å². The van der Waals surface area contributed by atoms with Gasteiger partial charge in [0.15, 0.2) is 5.54 Å². The zero-order valence-electron chi connectivity index (χ0n) is 19.5. The molecule has 0 saturated carbocycles. The zero-order valence-corrected chi connectivity index (χ0v) is 19.5. The summed E-state index contributed by atoms with van der Waals surface area (Å²) in [4.78, 5) is 45.8. The van der Waals surface area contributed by atoms with Gasteiger partial charge in [-0.05, 0) is 33.5 Å². The molecule has 0 radical (unpaired) electrons. The van der Waals surface area contributed by atoms with Crippen LogP contribution in [0.5, 0.6) is 0 Å². The van der Waals surface area contributed by atoms with E-state index in [-0.39, 0.29) is 23.8 Å². The fourth-order valence-corrected chi connectivity index (χ4v) is 4.77. The van der Waals surface area contributed by atoms with Crippen LogP contribution in [0.4, 0.5) is 5.69 Å². The van der Waals surface area contributed by atoms with Crippen LogP contribution in [-0.4, -0.2) is 66.2 Å². The Morgan fingerprint density at radius 2 is 1.67 bits per heavy atom. The van der Waals surface area contributed by atoms with Gasteiger partial charge in [0.25, 0.3) is 17.6 Å². The highest BCUT2D eigenvalue weighted by Gasteiger charge is 2.66. The van der Waals surface area contributed by atoms with E-state index in [1.165, 1.54) is 4.90 Å². The van der Waals surface area contributed by atoms with E-state index in [9.17, 15) is 19.5 Å². The number of ketones is 1. The molecule has 1 atom stereocenters. The number of para-hydroxylation sites is 1. The molecule has 2 heterocycles. The first-order valence-corrected chi connectivity index (χ1v) is 11.2. The minimum Gasteiger partial charge on any atom is -0.507 e. The summed E-state index contributed by atoms with van der Waals surface area (Å²) in [5.41, 5.74) is 0.747. The van der Waals surface area contributed by atoms with E-state index in [0.29, 0.717) is 36.3 Å². The third-order valence-electron chi connectivity index (χ3n) is 6.35. The summed E-state index contributed by atoms with van der Waals surface area (Å²) in [5, 5.41) is 11.4. The van der Waals surface area contributed by atoms with E-state index >= 15 is 0 Å². The molecule has 2 amide bonds. The van der Waals surface area contributed by atoms with Gasteiger partial charge in [-0.15, -0.1) is 0 Å². The minimum atomic E-state index is -1.69. The number of nitrogens with zero attached hydrogens (tertiary/aromatic N) is 3. The Bertz CT molecular complexity index is 1150. The van der Waals surface area contributed by atoms with E-state index < -0.39 is 17.2 Å². The van der Waals surface area contributed by atoms with Crippen molar-refractivity contribution in [3.63, 3.8) is 0 Å². The lowest BCUT2D eigenvalue weighted by atomic mass is 9.82. The van der Waals surface area contributed by atoms with Crippen molar-refractivity contribution in [2.45, 2.75) is 25.8 Å². The summed E-state index contributed by atoms with van der Waals surface area (Å²) in [6, 6.07) is 14.3. The van der Waals surface area contributed by atoms with Crippen LogP contribution in [0.1, 0.15) is 30.0 Å². The van der Waals surface area contributed by atoms with Crippen molar-refractivity contribution in [1.29, 1.82) is 0 Å². The van der Waals surface area contributed by atoms with Crippen molar-refractivity contribution >= 4 is 29.0 Å². The van der Waals surface area contributed by atoms with E-state index in [4.69, 9.17) is 0 Å². The highest BCUT2D eigenvalue weighted by molar-refractivity contribution is 6.50. The maximum absolute atomic E-state index is 14.1. The van der Waals surface area contributed by atoms with Gasteiger partial charge in [0, 0.05) is 30.8 Å². The van der Waals surface area contributed by atoms with Gasteiger partial charge in [-0.1, -0.05) is 55.0 Å². The summed E-state index contributed by atoms with van der Waals surface area (Å²) >= 11 is 0. The van der Waals surface area contributed by atoms with Crippen LogP contribution in [0.3, 0.4) is 0 Å². The van der Waals surface area contributed by atoms with Crippen LogP contribution in [0, 0.1) is 6.92 Å². The summed E-state index contributed by atoms with van der Waals surface area (Å²) in [7, 11) is 3.73. The molecule has 0 aromatic heterocycles. The van der Waals surface area contributed by atoms with Gasteiger partial charge in [0.2, 0.25) is 0 Å². The first-order chi connectivity index (χ1) is 15.7. The molecule has 1 spiro atoms. The molecule has 1 saturated heterocycles. The average Bonchev–Trinajstić information content (AvgIpc) is 3.16. The van der Waals surface area contributed by atoms with Crippen molar-refractivity contribution in [3.05, 3.63) is 70.8 Å². The average molecular weight is 448 g/mol. The number of anilines is 1. The number of hydrogen-bond donors (Lipinski definition) is 1. The number of Topliss-reactive ketones (excluding diaryl/α,β-unsaturated/α-hetero) is 1. The van der Waals surface area contributed by atoms with E-state index in [0.717, 1.165) is 5.56 Å². The third kappa shape index (κ3) is 3.35. The topological polar surface area (TPSA) is 81.2 Å². The summed E-state index contributed by atoms with van der Waals surface area (Å²) in [6.45, 7) is 4.96. The summed E-state index contributed by atoms with van der Waals surface area (Å²) < 4.78 is 0. The van der Waals surface area contributed by atoms with Crippen LogP contribution in [-0.2, 0) is 19.9 Å². The Kier molecular flexibility index (Phi) is 5.84. The molecule has 4 rings (SSSR count). The van der Waals surface area contributed by atoms with Gasteiger partial charge < -0.3 is 19.8 Å². The van der Waals surface area contributed by atoms with E-state index in [2.05, 4.69) is 0 Å². The molecule has 7 heteroatoms. The Balaban J connectivity index is 2.04. The molecule has 1 fully saturated rings. The van der Waals surface area contributed by atoms with Crippen LogP contribution < -0.4 is 4.90 Å². The number of aliphatic hydroxyl groups is 1. The largest absolute Gasteiger partial charge is 0.507 e. The van der Waals surface area contributed by atoms with Gasteiger partial charge in [-0.25, -0.2) is 0 Å². The number of carbonyl (C=O) groups is 3. The number of aryl methyl sites for hydroxylation is 1. The highest BCUT2D eigenvalue weighted by atomic mass is 16.3. The molecule has 33 heavy (non-hydrogen) atoms. The number of benzene rings is 2. The van der Waals surface area contributed by atoms with Crippen molar-refractivity contribution < 1.29 is 19.5 Å². The maximum Gasteiger partial charge on any atom is 0.296 e. The smallest absolute Gasteiger partial charge is 0.296 e. The molecule has 0 aliphatic carbocycles. The lowest BCUT2D eigenvalue weighted by molar-refractivity contribution is -0.143. The number of fused-ring (bicyclic) bond motifs is 2. The Morgan fingerprint density at radius 3 is 2.30 bits per heavy atom. The Hall–Kier alpha value is -3.45. The first kappa shape index (κ1) is 22.7. The molecule has 0 unspecified atom stereocenters. The van der Waals surface area contributed by atoms with Gasteiger partial charge in [-0.3, -0.25) is 14.4 Å². The van der Waals surface area contributed by atoms with Gasteiger partial charge >= 0.3 is 0 Å². The molecule has 2 aliphatic rings. The Labute approximate surface area is 193 Å². The van der Waals surface area contributed by atoms with Gasteiger partial charge in [0.1, 0.15) is 5.76 Å². The minimum absolute atomic E-state index is 0.161. The number of likely N-dealkylation sites (N-methyl/N-ethyl adjacent to an activating group) is 1. The number of carbonyl (C=O) groups excluding carboxylic acids is 3. The molecule has 1 N–H and O–H groups in total. The standard InChI is InChI=1S/C26H29N3O4/c1-5-14-28-20-9-7-6-8-19(20)26(25(28)33)21(22(30)18-12-10-17(2)11-13-18)23(31)24(32)29(26)16-15-27(3)4/h6-13,30H,5,14-16H2,1-4H3/t26-/m1/s1. The molecule has 2 aromatic rings. The quantitative estimate of drug-likeness (QED) is 0.418. The summed E-state index contributed by atoms with van der Waals surface area (Å²) in [5.74, 6) is -2.32. The van der Waals surface area contributed by atoms with Crippen molar-refractivity contribution in [2.24, 2.45) is 0 Å². The van der Waals surface area contributed by atoms with Gasteiger partial charge in [0.05, 0.1) is 11.3 Å². The molecule has 2 aromatic carbocycles. The predicted octanol–water partition coefficient (Wildman–Crippen LogP) is 2.89. The van der Waals surface area contributed by atoms with Crippen LogP contribution in [0.15, 0.2) is 54.1 Å². The number of amides is 2. The lowest BCUT2D eigenvalue weighted by Crippen LogP contribution is -2.53. The Morgan fingerprint density at radius 1 is 1.00 bits per heavy atom. The second kappa shape index (κ2) is 8.48. The van der Waals surface area contributed by atoms with E-state index in [1.807, 2.05) is 57.1 Å². The SMILES string of the molecule is CCCN1C(=O)[C@]2(C(=C(O)c3ccc(C)cc3)C(=O)C(=O)N2CCN(C)C)c2ccccc21. The van der Waals surface area contributed by atoms with Gasteiger partial charge in [-0.2, -0.15) is 0 Å². The number of hydrogen-bond acceptors (Lipinski definition) is 5. The number of rotatable bonds is 6. The second-order valence-corrected chi connectivity index (χ2v) is 8.86. The van der Waals surface area contributed by atoms with Crippen molar-refractivity contribution in [1.82, 2.24) is 9.80 Å². The first-order valence-electron chi connectivity index (χ1n) is 11.2. The van der Waals surface area contributed by atoms with Crippen LogP contribution in [0.25, 0.3) is 5.76 Å². The molecular formula is C26H29N3O4. The third-order valence-corrected chi connectivity index (χ3v) is 6.35. The number of aliphatic hydroxyl groups excluding tert-OH is 1. The van der Waals surface area contributed by atoms with Crippen molar-refractivity contribution in [3.8, 4) is 0 Å². The lowest BCUT2D eigenvalue weighted by Gasteiger charge is -2.35. The summed E-state index contributed by atoms with van der Waals surface area (Å²) in [6.07, 6.45) is 0.707. The fourth-order valence-electron chi connectivity index (χ4n) is 4.77. The predicted molar refractivity (Wildman–Crippen MR) is 127 cm³/mol. The molecule has 2 aliphatic heterocycles.